The van der Waals surface area contributed by atoms with Crippen molar-refractivity contribution in [2.75, 3.05) is 0 Å². The molecule has 1 aromatic carbocycles. The van der Waals surface area contributed by atoms with Crippen LogP contribution in [0, 0.1) is 0 Å². The van der Waals surface area contributed by atoms with Crippen LogP contribution >= 0.6 is 0 Å². The quantitative estimate of drug-likeness (QED) is 0.677. The average molecular weight is 196 g/mol. The minimum absolute atomic E-state index is 0.119. The number of halogens is 2. The monoisotopic (exact) mass is 196 g/mol. The van der Waals surface area contributed by atoms with Crippen LogP contribution in [0.25, 0.3) is 0 Å². The van der Waals surface area contributed by atoms with Crippen molar-refractivity contribution in [1.82, 2.24) is 0 Å². The van der Waals surface area contributed by atoms with Gasteiger partial charge in [0, 0.05) is 12.0 Å². The van der Waals surface area contributed by atoms with Crippen molar-refractivity contribution >= 4 is 0 Å². The topological polar surface area (TPSA) is 0 Å². The van der Waals surface area contributed by atoms with Gasteiger partial charge in [0.05, 0.1) is 0 Å². The molecule has 1 aliphatic rings. The minimum Gasteiger partial charge on any atom is -0.201 e. The Labute approximate surface area is 82.9 Å². The zero-order valence-corrected chi connectivity index (χ0v) is 8.32. The molecule has 0 atom stereocenters. The maximum absolute atomic E-state index is 13.4. The first-order chi connectivity index (χ1) is 6.63. The highest BCUT2D eigenvalue weighted by molar-refractivity contribution is 5.36. The van der Waals surface area contributed by atoms with E-state index in [9.17, 15) is 8.78 Å². The predicted molar refractivity (Wildman–Crippen MR) is 52.7 cm³/mol. The maximum atomic E-state index is 13.4. The fourth-order valence-corrected chi connectivity index (χ4v) is 2.00. The molecule has 0 amide bonds. The van der Waals surface area contributed by atoms with Crippen molar-refractivity contribution in [2.45, 2.75) is 38.5 Å². The summed E-state index contributed by atoms with van der Waals surface area (Å²) in [7, 11) is 0. The molecule has 76 valence electrons. The lowest BCUT2D eigenvalue weighted by Crippen LogP contribution is -2.11. The van der Waals surface area contributed by atoms with E-state index in [1.54, 1.807) is 12.1 Å². The van der Waals surface area contributed by atoms with Crippen molar-refractivity contribution in [3.63, 3.8) is 0 Å². The summed E-state index contributed by atoms with van der Waals surface area (Å²) >= 11 is 0. The molecule has 2 rings (SSSR count). The zero-order chi connectivity index (χ0) is 10.2. The van der Waals surface area contributed by atoms with Crippen LogP contribution < -0.4 is 0 Å². The van der Waals surface area contributed by atoms with Crippen LogP contribution in [0.1, 0.15) is 36.5 Å². The van der Waals surface area contributed by atoms with Gasteiger partial charge in [0.1, 0.15) is 0 Å². The summed E-state index contributed by atoms with van der Waals surface area (Å²) in [5.41, 5.74) is 2.55. The Bertz CT molecular complexity index is 342. The molecule has 1 aliphatic carbocycles. The van der Waals surface area contributed by atoms with Crippen molar-refractivity contribution in [3.05, 3.63) is 34.9 Å². The van der Waals surface area contributed by atoms with E-state index < -0.39 is 5.92 Å². The Morgan fingerprint density at radius 3 is 2.64 bits per heavy atom. The molecule has 0 aromatic heterocycles. The molecule has 0 aliphatic heterocycles. The van der Waals surface area contributed by atoms with Crippen molar-refractivity contribution in [3.8, 4) is 0 Å². The molecular weight excluding hydrogens is 182 g/mol. The molecule has 0 radical (unpaired) electrons. The molecule has 0 saturated heterocycles. The summed E-state index contributed by atoms with van der Waals surface area (Å²) in [6.45, 7) is 1.52. The lowest BCUT2D eigenvalue weighted by molar-refractivity contribution is -0.00834. The number of aryl methyl sites for hydroxylation is 2. The highest BCUT2D eigenvalue weighted by Crippen LogP contribution is 2.34. The summed E-state index contributed by atoms with van der Waals surface area (Å²) in [5, 5.41) is 0. The van der Waals surface area contributed by atoms with Gasteiger partial charge in [-0.1, -0.05) is 19.1 Å². The summed E-state index contributed by atoms with van der Waals surface area (Å²) in [6.07, 6.45) is 3.00. The second-order valence-electron chi connectivity index (χ2n) is 3.90. The number of fused-ring (bicyclic) bond motifs is 1. The SMILES string of the molecule is CCC(F)(F)c1ccc2c(c1)CCC2. The van der Waals surface area contributed by atoms with Gasteiger partial charge in [-0.15, -0.1) is 0 Å². The molecule has 0 saturated carbocycles. The van der Waals surface area contributed by atoms with Gasteiger partial charge >= 0.3 is 0 Å². The summed E-state index contributed by atoms with van der Waals surface area (Å²) < 4.78 is 26.7. The van der Waals surface area contributed by atoms with Crippen LogP contribution in [0.15, 0.2) is 18.2 Å². The standard InChI is InChI=1S/C12H14F2/c1-2-12(13,14)11-7-6-9-4-3-5-10(9)8-11/h6-8H,2-5H2,1H3. The van der Waals surface area contributed by atoms with E-state index in [1.165, 1.54) is 12.5 Å². The molecule has 0 spiro atoms. The number of rotatable bonds is 2. The van der Waals surface area contributed by atoms with Gasteiger partial charge in [-0.3, -0.25) is 0 Å². The number of hydrogen-bond donors (Lipinski definition) is 0. The molecule has 14 heavy (non-hydrogen) atoms. The fraction of sp³-hybridized carbons (Fsp3) is 0.500. The van der Waals surface area contributed by atoms with Gasteiger partial charge in [-0.2, -0.15) is 0 Å². The van der Waals surface area contributed by atoms with Crippen LogP contribution in [-0.4, -0.2) is 0 Å². The smallest absolute Gasteiger partial charge is 0.201 e. The summed E-state index contributed by atoms with van der Waals surface area (Å²) in [6, 6.07) is 5.13. The number of alkyl halides is 2. The molecule has 0 bridgehead atoms. The highest BCUT2D eigenvalue weighted by atomic mass is 19.3. The Morgan fingerprint density at radius 1 is 1.21 bits per heavy atom. The molecular formula is C12H14F2. The summed E-state index contributed by atoms with van der Waals surface area (Å²) in [5.74, 6) is -2.66. The molecule has 0 unspecified atom stereocenters. The molecule has 0 fully saturated rings. The van der Waals surface area contributed by atoms with Crippen molar-refractivity contribution < 1.29 is 8.78 Å². The number of hydrogen-bond acceptors (Lipinski definition) is 0. The van der Waals surface area contributed by atoms with Gasteiger partial charge in [0.15, 0.2) is 0 Å². The molecule has 0 heterocycles. The number of benzene rings is 1. The van der Waals surface area contributed by atoms with E-state index >= 15 is 0 Å². The van der Waals surface area contributed by atoms with E-state index in [-0.39, 0.29) is 12.0 Å². The molecule has 1 aromatic rings. The first-order valence-electron chi connectivity index (χ1n) is 5.13. The van der Waals surface area contributed by atoms with E-state index in [4.69, 9.17) is 0 Å². The first kappa shape index (κ1) is 9.63. The lowest BCUT2D eigenvalue weighted by atomic mass is 10.0. The third-order valence-electron chi connectivity index (χ3n) is 2.96. The lowest BCUT2D eigenvalue weighted by Gasteiger charge is -2.15. The Kier molecular flexibility index (Phi) is 2.30. The maximum Gasteiger partial charge on any atom is 0.273 e. The van der Waals surface area contributed by atoms with Crippen molar-refractivity contribution in [2.24, 2.45) is 0 Å². The second-order valence-corrected chi connectivity index (χ2v) is 3.90. The van der Waals surface area contributed by atoms with Gasteiger partial charge in [0.25, 0.3) is 5.92 Å². The van der Waals surface area contributed by atoms with E-state index in [2.05, 4.69) is 0 Å². The third kappa shape index (κ3) is 1.54. The van der Waals surface area contributed by atoms with Crippen LogP contribution in [-0.2, 0) is 18.8 Å². The van der Waals surface area contributed by atoms with E-state index in [0.717, 1.165) is 24.8 Å². The first-order valence-corrected chi connectivity index (χ1v) is 5.13. The second kappa shape index (κ2) is 3.34. The third-order valence-corrected chi connectivity index (χ3v) is 2.96. The highest BCUT2D eigenvalue weighted by Gasteiger charge is 2.29. The van der Waals surface area contributed by atoms with Crippen LogP contribution in [0.4, 0.5) is 8.78 Å². The van der Waals surface area contributed by atoms with E-state index in [1.807, 2.05) is 6.07 Å². The molecule has 0 N–H and O–H groups in total. The summed E-state index contributed by atoms with van der Waals surface area (Å²) in [4.78, 5) is 0. The molecule has 0 nitrogen and oxygen atoms in total. The van der Waals surface area contributed by atoms with Gasteiger partial charge in [-0.05, 0) is 36.5 Å². The fourth-order valence-electron chi connectivity index (χ4n) is 2.00. The predicted octanol–water partition coefficient (Wildman–Crippen LogP) is 3.68. The van der Waals surface area contributed by atoms with Gasteiger partial charge in [-0.25, -0.2) is 8.78 Å². The van der Waals surface area contributed by atoms with Crippen LogP contribution in [0.3, 0.4) is 0 Å². The Balaban J connectivity index is 2.38. The van der Waals surface area contributed by atoms with Crippen LogP contribution in [0.5, 0.6) is 0 Å². The average Bonchev–Trinajstić information content (AvgIpc) is 2.64. The largest absolute Gasteiger partial charge is 0.273 e. The van der Waals surface area contributed by atoms with Gasteiger partial charge < -0.3 is 0 Å². The molecule has 2 heteroatoms. The van der Waals surface area contributed by atoms with Crippen molar-refractivity contribution in [1.29, 1.82) is 0 Å². The van der Waals surface area contributed by atoms with Gasteiger partial charge in [0.2, 0.25) is 0 Å². The zero-order valence-electron chi connectivity index (χ0n) is 8.32. The van der Waals surface area contributed by atoms with E-state index in [0.29, 0.717) is 0 Å². The normalized spacial score (nSPS) is 15.6. The van der Waals surface area contributed by atoms with Crippen LogP contribution in [0.2, 0.25) is 0 Å². The Morgan fingerprint density at radius 2 is 1.93 bits per heavy atom. The Hall–Kier alpha value is -0.920. The minimum atomic E-state index is -2.66.